The number of hydrogen-bond donors (Lipinski definition) is 2. The maximum atomic E-state index is 12.4. The average molecular weight is 438 g/mol. The Labute approximate surface area is 183 Å². The van der Waals surface area contributed by atoms with Crippen molar-refractivity contribution in [3.8, 4) is 0 Å². The lowest BCUT2D eigenvalue weighted by molar-refractivity contribution is -0.384. The summed E-state index contributed by atoms with van der Waals surface area (Å²) in [6.45, 7) is -0.271. The Bertz CT molecular complexity index is 1110. The van der Waals surface area contributed by atoms with Gasteiger partial charge in [0.1, 0.15) is 12.6 Å². The molecule has 10 nitrogen and oxygen atoms in total. The molecule has 0 aliphatic rings. The highest BCUT2D eigenvalue weighted by atomic mass is 16.6. The molecule has 0 aliphatic carbocycles. The van der Waals surface area contributed by atoms with E-state index in [1.165, 1.54) is 24.3 Å². The standard InChI is InChI=1S/C22H22N4O6/c27-21(10-7-16-13-23-19-4-2-1-3-18(16)19)25-20(11-12-24-29)22(28)32-14-15-5-8-17(9-6-15)26(30)31/h1-6,8-9,13,20,23H,7,10-12,14H2,(H,25,27). The highest BCUT2D eigenvalue weighted by molar-refractivity contribution is 5.86. The molecule has 0 saturated carbocycles. The van der Waals surface area contributed by atoms with Crippen LogP contribution in [0.5, 0.6) is 0 Å². The van der Waals surface area contributed by atoms with Crippen molar-refractivity contribution in [3.05, 3.63) is 80.9 Å². The van der Waals surface area contributed by atoms with Crippen LogP contribution in [0.25, 0.3) is 10.9 Å². The number of aryl methyl sites for hydroxylation is 1. The number of aromatic amines is 1. The molecule has 3 rings (SSSR count). The van der Waals surface area contributed by atoms with Gasteiger partial charge in [-0.1, -0.05) is 23.4 Å². The van der Waals surface area contributed by atoms with Gasteiger partial charge in [0, 0.05) is 42.1 Å². The van der Waals surface area contributed by atoms with Crippen molar-refractivity contribution in [1.29, 1.82) is 0 Å². The third-order valence-electron chi connectivity index (χ3n) is 4.95. The molecule has 1 unspecified atom stereocenters. The van der Waals surface area contributed by atoms with Crippen LogP contribution in [-0.2, 0) is 27.4 Å². The predicted molar refractivity (Wildman–Crippen MR) is 117 cm³/mol. The molecule has 0 bridgehead atoms. The summed E-state index contributed by atoms with van der Waals surface area (Å²) >= 11 is 0. The van der Waals surface area contributed by atoms with Crippen molar-refractivity contribution in [3.63, 3.8) is 0 Å². The molecule has 1 amide bonds. The van der Waals surface area contributed by atoms with Gasteiger partial charge in [-0.25, -0.2) is 4.79 Å². The molecule has 166 valence electrons. The second kappa shape index (κ2) is 10.8. The Hall–Kier alpha value is -4.08. The maximum absolute atomic E-state index is 12.4. The minimum Gasteiger partial charge on any atom is -0.459 e. The zero-order valence-electron chi connectivity index (χ0n) is 17.2. The minimum atomic E-state index is -1.01. The van der Waals surface area contributed by atoms with Gasteiger partial charge in [-0.3, -0.25) is 14.9 Å². The van der Waals surface area contributed by atoms with Crippen LogP contribution in [0.3, 0.4) is 0 Å². The first-order chi connectivity index (χ1) is 15.5. The van der Waals surface area contributed by atoms with Crippen molar-refractivity contribution in [1.82, 2.24) is 10.3 Å². The van der Waals surface area contributed by atoms with Crippen molar-refractivity contribution < 1.29 is 19.2 Å². The molecule has 0 spiro atoms. The largest absolute Gasteiger partial charge is 0.459 e. The van der Waals surface area contributed by atoms with E-state index >= 15 is 0 Å². The molecule has 1 aromatic heterocycles. The third-order valence-corrected chi connectivity index (χ3v) is 4.95. The molecule has 0 aliphatic heterocycles. The molecule has 3 aromatic rings. The van der Waals surface area contributed by atoms with E-state index in [1.54, 1.807) is 0 Å². The molecule has 0 fully saturated rings. The lowest BCUT2D eigenvalue weighted by atomic mass is 10.1. The van der Waals surface area contributed by atoms with E-state index < -0.39 is 16.9 Å². The lowest BCUT2D eigenvalue weighted by Gasteiger charge is -2.16. The zero-order chi connectivity index (χ0) is 22.9. The smallest absolute Gasteiger partial charge is 0.329 e. The molecular weight excluding hydrogens is 416 g/mol. The second-order valence-corrected chi connectivity index (χ2v) is 7.15. The van der Waals surface area contributed by atoms with E-state index in [0.717, 1.165) is 16.5 Å². The summed E-state index contributed by atoms with van der Waals surface area (Å²) in [5, 5.41) is 17.1. The van der Waals surface area contributed by atoms with Crippen molar-refractivity contribution in [2.24, 2.45) is 5.18 Å². The second-order valence-electron chi connectivity index (χ2n) is 7.15. The number of para-hydroxylation sites is 1. The van der Waals surface area contributed by atoms with Crippen LogP contribution < -0.4 is 5.32 Å². The lowest BCUT2D eigenvalue weighted by Crippen LogP contribution is -2.42. The normalized spacial score (nSPS) is 11.6. The SMILES string of the molecule is O=NCCC(NC(=O)CCc1c[nH]c2ccccc12)C(=O)OCc1ccc([N+](=O)[O-])cc1. The summed E-state index contributed by atoms with van der Waals surface area (Å²) < 4.78 is 5.22. The van der Waals surface area contributed by atoms with Crippen LogP contribution in [0.2, 0.25) is 0 Å². The van der Waals surface area contributed by atoms with Crippen molar-refractivity contribution in [2.45, 2.75) is 31.9 Å². The zero-order valence-corrected chi connectivity index (χ0v) is 17.2. The van der Waals surface area contributed by atoms with Crippen molar-refractivity contribution in [2.75, 3.05) is 6.54 Å². The number of nitrogens with zero attached hydrogens (tertiary/aromatic N) is 2. The minimum absolute atomic E-state index is 0.0153. The summed E-state index contributed by atoms with van der Waals surface area (Å²) in [4.78, 5) is 48.7. The maximum Gasteiger partial charge on any atom is 0.329 e. The highest BCUT2D eigenvalue weighted by Gasteiger charge is 2.22. The van der Waals surface area contributed by atoms with E-state index in [2.05, 4.69) is 15.5 Å². The van der Waals surface area contributed by atoms with Gasteiger partial charge >= 0.3 is 5.97 Å². The fourth-order valence-electron chi connectivity index (χ4n) is 3.25. The topological polar surface area (TPSA) is 144 Å². The first-order valence-electron chi connectivity index (χ1n) is 10.0. The number of nitro benzene ring substituents is 1. The highest BCUT2D eigenvalue weighted by Crippen LogP contribution is 2.19. The van der Waals surface area contributed by atoms with Gasteiger partial charge in [-0.2, -0.15) is 4.91 Å². The number of amides is 1. The first-order valence-corrected chi connectivity index (χ1v) is 10.0. The number of carbonyl (C=O) groups excluding carboxylic acids is 2. The Kier molecular flexibility index (Phi) is 7.63. The number of nitrogens with one attached hydrogen (secondary N) is 2. The van der Waals surface area contributed by atoms with E-state index in [-0.39, 0.29) is 37.6 Å². The van der Waals surface area contributed by atoms with E-state index in [1.807, 2.05) is 30.5 Å². The summed E-state index contributed by atoms with van der Waals surface area (Å²) in [7, 11) is 0. The van der Waals surface area contributed by atoms with Crippen LogP contribution in [0.1, 0.15) is 24.0 Å². The summed E-state index contributed by atoms with van der Waals surface area (Å²) in [6.07, 6.45) is 2.50. The number of non-ortho nitro benzene ring substituents is 1. The van der Waals surface area contributed by atoms with Crippen LogP contribution >= 0.6 is 0 Å². The van der Waals surface area contributed by atoms with E-state index in [9.17, 15) is 24.6 Å². The van der Waals surface area contributed by atoms with Crippen LogP contribution in [0.4, 0.5) is 5.69 Å². The van der Waals surface area contributed by atoms with Gasteiger partial charge in [0.2, 0.25) is 5.91 Å². The van der Waals surface area contributed by atoms with E-state index in [4.69, 9.17) is 4.74 Å². The van der Waals surface area contributed by atoms with Gasteiger partial charge in [-0.15, -0.1) is 0 Å². The average Bonchev–Trinajstić information content (AvgIpc) is 3.22. The molecule has 2 N–H and O–H groups in total. The summed E-state index contributed by atoms with van der Waals surface area (Å²) in [5.74, 6) is -1.05. The number of benzene rings is 2. The van der Waals surface area contributed by atoms with Crippen LogP contribution in [0.15, 0.2) is 59.9 Å². The monoisotopic (exact) mass is 438 g/mol. The molecule has 0 saturated heterocycles. The number of nitro groups is 1. The molecule has 10 heteroatoms. The summed E-state index contributed by atoms with van der Waals surface area (Å²) in [6, 6.07) is 12.3. The first kappa shape index (κ1) is 22.6. The van der Waals surface area contributed by atoms with Gasteiger partial charge in [0.15, 0.2) is 0 Å². The molecule has 1 heterocycles. The van der Waals surface area contributed by atoms with Crippen molar-refractivity contribution >= 4 is 28.5 Å². The van der Waals surface area contributed by atoms with Gasteiger partial charge in [0.25, 0.3) is 5.69 Å². The Morgan fingerprint density at radius 3 is 2.62 bits per heavy atom. The van der Waals surface area contributed by atoms with Gasteiger partial charge in [0.05, 0.1) is 11.5 Å². The van der Waals surface area contributed by atoms with Gasteiger partial charge < -0.3 is 15.0 Å². The Balaban J connectivity index is 1.54. The molecule has 0 radical (unpaired) electrons. The Morgan fingerprint density at radius 2 is 1.91 bits per heavy atom. The number of nitroso groups, excluding NO2 is 1. The third kappa shape index (κ3) is 5.97. The fourth-order valence-corrected chi connectivity index (χ4v) is 3.25. The fraction of sp³-hybridized carbons (Fsp3) is 0.273. The van der Waals surface area contributed by atoms with Gasteiger partial charge in [-0.05, 0) is 35.7 Å². The molecule has 1 atom stereocenters. The number of aromatic nitrogens is 1. The molecule has 32 heavy (non-hydrogen) atoms. The number of carbonyl (C=O) groups is 2. The summed E-state index contributed by atoms with van der Waals surface area (Å²) in [5.41, 5.74) is 2.45. The number of fused-ring (bicyclic) bond motifs is 1. The number of hydrogen-bond acceptors (Lipinski definition) is 7. The quantitative estimate of drug-likeness (QED) is 0.203. The van der Waals surface area contributed by atoms with Crippen LogP contribution in [-0.4, -0.2) is 34.4 Å². The number of H-pyrrole nitrogens is 1. The van der Waals surface area contributed by atoms with E-state index in [0.29, 0.717) is 12.0 Å². The van der Waals surface area contributed by atoms with Crippen LogP contribution in [0, 0.1) is 15.0 Å². The predicted octanol–water partition coefficient (Wildman–Crippen LogP) is 3.39. The Morgan fingerprint density at radius 1 is 1.16 bits per heavy atom. The molecule has 2 aromatic carbocycles. The number of esters is 1. The number of ether oxygens (including phenoxy) is 1. The molecular formula is C22H22N4O6. The number of rotatable bonds is 11.